The first-order valence-corrected chi connectivity index (χ1v) is 34.5. The average molecular weight is 1500 g/mol. The maximum absolute atomic E-state index is 14.8. The van der Waals surface area contributed by atoms with Gasteiger partial charge in [-0.25, -0.2) is 14.4 Å². The minimum absolute atomic E-state index is 0.0237. The molecule has 0 heterocycles. The molecule has 0 amide bonds. The van der Waals surface area contributed by atoms with Crippen LogP contribution in [-0.4, -0.2) is 105 Å². The molecular formula is C72H89F17O14. The first-order chi connectivity index (χ1) is 48.5. The summed E-state index contributed by atoms with van der Waals surface area (Å²) in [5, 5.41) is 0. The Balaban J connectivity index is 1.29. The normalized spacial score (nSPS) is 13.6. The number of esters is 4. The molecule has 0 aromatic heterocycles. The van der Waals surface area contributed by atoms with Gasteiger partial charge < -0.3 is 37.9 Å². The van der Waals surface area contributed by atoms with Crippen LogP contribution in [0.5, 0.6) is 40.2 Å². The maximum atomic E-state index is 14.8. The maximum Gasteiger partial charge on any atom is 0.462 e. The highest BCUT2D eigenvalue weighted by molar-refractivity contribution is 5.94. The zero-order valence-electron chi connectivity index (χ0n) is 57.6. The van der Waals surface area contributed by atoms with Crippen LogP contribution in [0.4, 0.5) is 74.6 Å². The summed E-state index contributed by atoms with van der Waals surface area (Å²) in [6, 6.07) is 19.6. The molecule has 0 radical (unpaired) electrons. The monoisotopic (exact) mass is 1500 g/mol. The third-order valence-electron chi connectivity index (χ3n) is 15.8. The van der Waals surface area contributed by atoms with E-state index in [4.69, 9.17) is 33.2 Å². The molecule has 103 heavy (non-hydrogen) atoms. The van der Waals surface area contributed by atoms with E-state index in [0.29, 0.717) is 37.1 Å². The van der Waals surface area contributed by atoms with Gasteiger partial charge in [0.15, 0.2) is 18.1 Å². The zero-order chi connectivity index (χ0) is 76.4. The average Bonchev–Trinajstić information content (AvgIpc) is 0.727. The molecule has 0 saturated carbocycles. The molecule has 580 valence electrons. The summed E-state index contributed by atoms with van der Waals surface area (Å²) in [7, 11) is 0. The number of halogens is 17. The van der Waals surface area contributed by atoms with Crippen molar-refractivity contribution in [1.29, 1.82) is 0 Å². The van der Waals surface area contributed by atoms with Crippen LogP contribution in [0.1, 0.15) is 232 Å². The highest BCUT2D eigenvalue weighted by atomic mass is 19.4. The number of hydrogen-bond donors (Lipinski definition) is 0. The fraction of sp³-hybridized carbons (Fsp3) is 0.611. The van der Waals surface area contributed by atoms with E-state index in [2.05, 4.69) is 30.2 Å². The van der Waals surface area contributed by atoms with Gasteiger partial charge in [0.05, 0.1) is 43.1 Å². The predicted octanol–water partition coefficient (Wildman–Crippen LogP) is 22.3. The van der Waals surface area contributed by atoms with E-state index in [0.717, 1.165) is 70.6 Å². The molecule has 0 aliphatic carbocycles. The lowest BCUT2D eigenvalue weighted by Gasteiger charge is -2.40. The number of carbonyl (C=O) groups is 4. The van der Waals surface area contributed by atoms with Crippen molar-refractivity contribution in [1.82, 2.24) is 0 Å². The first kappa shape index (κ1) is 88.1. The summed E-state index contributed by atoms with van der Waals surface area (Å²) >= 11 is 0. The molecule has 0 fully saturated rings. The van der Waals surface area contributed by atoms with E-state index < -0.39 is 85.3 Å². The lowest BCUT2D eigenvalue weighted by Crippen LogP contribution is -2.67. The SMILES string of the molecule is CCCCCCCCCCOc1cc(C(=O)Oc2ccc(C(=O)Oc3ccc(OC(=O)c4ccc(OCCCCCC(=O)OCC(F)(OC(F)(F)C(F)(OC(F)(F)C(F)(F)C(F)(F)F)C(F)(F)F)C(F)(F)F)cc4)cc3)cc2)cc(OCCCCCCCCCC)c1OCCCCCCCCCC. The van der Waals surface area contributed by atoms with Gasteiger partial charge in [-0.3, -0.25) is 14.3 Å². The van der Waals surface area contributed by atoms with Crippen LogP contribution < -0.4 is 33.2 Å². The van der Waals surface area contributed by atoms with E-state index in [1.807, 2.05) is 0 Å². The largest absolute Gasteiger partial charge is 0.494 e. The fourth-order valence-electron chi connectivity index (χ4n) is 9.83. The summed E-state index contributed by atoms with van der Waals surface area (Å²) in [6.07, 6.45) is -13.1. The van der Waals surface area contributed by atoms with Gasteiger partial charge in [0.25, 0.3) is 0 Å². The summed E-state index contributed by atoms with van der Waals surface area (Å²) < 4.78 is 277. The number of ether oxygens (including phenoxy) is 10. The number of rotatable bonds is 51. The van der Waals surface area contributed by atoms with Gasteiger partial charge in [-0.1, -0.05) is 156 Å². The third kappa shape index (κ3) is 28.9. The lowest BCUT2D eigenvalue weighted by molar-refractivity contribution is -0.552. The molecule has 2 unspecified atom stereocenters. The molecule has 4 rings (SSSR count). The molecule has 0 saturated heterocycles. The number of benzene rings is 4. The highest BCUT2D eigenvalue weighted by Gasteiger charge is 2.85. The van der Waals surface area contributed by atoms with Crippen molar-refractivity contribution in [3.05, 3.63) is 102 Å². The highest BCUT2D eigenvalue weighted by Crippen LogP contribution is 2.57. The molecule has 14 nitrogen and oxygen atoms in total. The summed E-state index contributed by atoms with van der Waals surface area (Å²) in [4.78, 5) is 52.2. The van der Waals surface area contributed by atoms with Crippen LogP contribution in [0.15, 0.2) is 84.9 Å². The smallest absolute Gasteiger partial charge is 0.462 e. The zero-order valence-corrected chi connectivity index (χ0v) is 57.6. The van der Waals surface area contributed by atoms with E-state index in [9.17, 15) is 93.8 Å². The minimum Gasteiger partial charge on any atom is -0.494 e. The summed E-state index contributed by atoms with van der Waals surface area (Å²) in [5.74, 6) is -25.1. The molecule has 31 heteroatoms. The Morgan fingerprint density at radius 1 is 0.330 bits per heavy atom. The summed E-state index contributed by atoms with van der Waals surface area (Å²) in [5.41, 5.74) is 0.302. The Morgan fingerprint density at radius 3 is 1.03 bits per heavy atom. The Kier molecular flexibility index (Phi) is 36.4. The minimum atomic E-state index is -8.06. The van der Waals surface area contributed by atoms with Crippen molar-refractivity contribution in [2.24, 2.45) is 0 Å². The van der Waals surface area contributed by atoms with Gasteiger partial charge >= 0.3 is 72.3 Å². The van der Waals surface area contributed by atoms with Crippen molar-refractivity contribution in [3.63, 3.8) is 0 Å². The Labute approximate surface area is 587 Å². The molecule has 4 aromatic carbocycles. The van der Waals surface area contributed by atoms with Gasteiger partial charge in [-0.05, 0) is 123 Å². The van der Waals surface area contributed by atoms with Crippen LogP contribution >= 0.6 is 0 Å². The molecule has 0 bridgehead atoms. The van der Waals surface area contributed by atoms with E-state index in [-0.39, 0.29) is 65.6 Å². The van der Waals surface area contributed by atoms with Crippen LogP contribution in [0.2, 0.25) is 0 Å². The second kappa shape index (κ2) is 42.6. The van der Waals surface area contributed by atoms with E-state index >= 15 is 0 Å². The van der Waals surface area contributed by atoms with Crippen LogP contribution in [0.3, 0.4) is 0 Å². The molecule has 2 atom stereocenters. The second-order valence-electron chi connectivity index (χ2n) is 24.4. The van der Waals surface area contributed by atoms with Gasteiger partial charge in [-0.2, -0.15) is 74.6 Å². The van der Waals surface area contributed by atoms with Gasteiger partial charge in [-0.15, -0.1) is 0 Å². The van der Waals surface area contributed by atoms with Crippen molar-refractivity contribution >= 4 is 23.9 Å². The number of hydrogen-bond acceptors (Lipinski definition) is 14. The summed E-state index contributed by atoms with van der Waals surface area (Å²) in [6.45, 7) is 4.47. The number of unbranched alkanes of at least 4 members (excludes halogenated alkanes) is 23. The van der Waals surface area contributed by atoms with Crippen molar-refractivity contribution < 1.29 is 141 Å². The van der Waals surface area contributed by atoms with Crippen molar-refractivity contribution in [2.75, 3.05) is 33.0 Å². The van der Waals surface area contributed by atoms with Crippen LogP contribution in [-0.2, 0) is 19.0 Å². The van der Waals surface area contributed by atoms with E-state index in [1.165, 1.54) is 161 Å². The third-order valence-corrected chi connectivity index (χ3v) is 15.8. The van der Waals surface area contributed by atoms with Crippen molar-refractivity contribution in [2.45, 2.75) is 249 Å². The Bertz CT molecular complexity index is 3110. The van der Waals surface area contributed by atoms with Gasteiger partial charge in [0.1, 0.15) is 23.0 Å². The Hall–Kier alpha value is -7.31. The van der Waals surface area contributed by atoms with Gasteiger partial charge in [0, 0.05) is 6.42 Å². The second-order valence-corrected chi connectivity index (χ2v) is 24.4. The molecule has 0 spiro atoms. The van der Waals surface area contributed by atoms with Crippen LogP contribution in [0, 0.1) is 0 Å². The first-order valence-electron chi connectivity index (χ1n) is 34.5. The van der Waals surface area contributed by atoms with Crippen molar-refractivity contribution in [3.8, 4) is 40.2 Å². The fourth-order valence-corrected chi connectivity index (χ4v) is 9.83. The molecule has 0 aliphatic rings. The molecule has 4 aromatic rings. The Morgan fingerprint density at radius 2 is 0.660 bits per heavy atom. The number of alkyl halides is 17. The standard InChI is InChI=1S/C72H89F17O14/c1-4-7-10-13-16-19-22-27-45-95-58-48-53(49-59(96-46-28-23-20-17-14-11-8-5-2)61(58)97-47-29-24-21-18-15-12-9-6-3)64(93)101-55-38-34-52(35-39-55)63(92)100-57-42-40-56(41-43-57)99-62(91)51-32-36-54(37-33-51)94-44-30-25-26-31-60(90)98-50-65(73,68(77,78)79)102-72(88,89)67(76,70(83,84)85)103-71(86,87)66(74,75)69(80,81)82/h32-43,48-49H,4-31,44-47,50H2,1-3H3. The van der Waals surface area contributed by atoms with E-state index in [1.54, 1.807) is 12.1 Å². The lowest BCUT2D eigenvalue weighted by atomic mass is 10.1. The molecular weight excluding hydrogens is 1410 g/mol. The number of carbonyl (C=O) groups excluding carboxylic acids is 4. The predicted molar refractivity (Wildman–Crippen MR) is 343 cm³/mol. The molecule has 0 aliphatic heterocycles. The quantitative estimate of drug-likeness (QED) is 0.0178. The van der Waals surface area contributed by atoms with Crippen LogP contribution in [0.25, 0.3) is 0 Å². The molecule has 0 N–H and O–H groups in total. The van der Waals surface area contributed by atoms with Gasteiger partial charge in [0.2, 0.25) is 5.75 Å². The topological polar surface area (TPSA) is 161 Å².